The molecule has 1 N–H and O–H groups in total. The fourth-order valence-corrected chi connectivity index (χ4v) is 1.53. The van der Waals surface area contributed by atoms with Gasteiger partial charge in [-0.25, -0.2) is 0 Å². The molecule has 0 spiro atoms. The fourth-order valence-electron chi connectivity index (χ4n) is 1.53. The van der Waals surface area contributed by atoms with E-state index in [2.05, 4.69) is 26.1 Å². The van der Waals surface area contributed by atoms with E-state index in [0.717, 1.165) is 43.9 Å². The van der Waals surface area contributed by atoms with Crippen LogP contribution in [0.25, 0.3) is 0 Å². The Morgan fingerprint density at radius 3 is 2.94 bits per heavy atom. The van der Waals surface area contributed by atoms with E-state index in [-0.39, 0.29) is 0 Å². The van der Waals surface area contributed by atoms with Crippen LogP contribution < -0.4 is 5.32 Å². The molecule has 0 radical (unpaired) electrons. The predicted octanol–water partition coefficient (Wildman–Crippen LogP) is 3.34. The lowest BCUT2D eigenvalue weighted by molar-refractivity contribution is 0.109. The summed E-state index contributed by atoms with van der Waals surface area (Å²) in [5.74, 6) is 1.70. The maximum absolute atomic E-state index is 5.65. The summed E-state index contributed by atoms with van der Waals surface area (Å²) in [6.07, 6.45) is 3.99. The third-order valence-corrected chi connectivity index (χ3v) is 2.65. The Labute approximate surface area is 105 Å². The van der Waals surface area contributed by atoms with E-state index in [4.69, 9.17) is 9.15 Å². The van der Waals surface area contributed by atoms with Crippen LogP contribution in [0.4, 0.5) is 0 Å². The topological polar surface area (TPSA) is 34.4 Å². The maximum Gasteiger partial charge on any atom is 0.123 e. The van der Waals surface area contributed by atoms with Crippen molar-refractivity contribution in [3.05, 3.63) is 23.7 Å². The van der Waals surface area contributed by atoms with E-state index in [1.165, 1.54) is 0 Å². The van der Waals surface area contributed by atoms with Crippen LogP contribution >= 0.6 is 0 Å². The highest BCUT2D eigenvalue weighted by atomic mass is 16.5. The standard InChI is InChI=1S/C14H25NO2/c1-4-7-15-10-14-13(6-9-17-14)11-16-8-5-12(2)3/h6,9,12,15H,4-5,7-8,10-11H2,1-3H3. The first kappa shape index (κ1) is 14.3. The van der Waals surface area contributed by atoms with Crippen molar-refractivity contribution < 1.29 is 9.15 Å². The molecule has 1 aromatic rings. The summed E-state index contributed by atoms with van der Waals surface area (Å²) in [6, 6.07) is 2.00. The lowest BCUT2D eigenvalue weighted by Crippen LogP contribution is -2.14. The van der Waals surface area contributed by atoms with Gasteiger partial charge >= 0.3 is 0 Å². The quantitative estimate of drug-likeness (QED) is 0.671. The second-order valence-corrected chi connectivity index (χ2v) is 4.78. The van der Waals surface area contributed by atoms with Crippen molar-refractivity contribution in [2.24, 2.45) is 5.92 Å². The van der Waals surface area contributed by atoms with Gasteiger partial charge in [0.15, 0.2) is 0 Å². The second kappa shape index (κ2) is 8.31. The van der Waals surface area contributed by atoms with E-state index in [1.807, 2.05) is 6.07 Å². The van der Waals surface area contributed by atoms with Crippen molar-refractivity contribution in [3.8, 4) is 0 Å². The lowest BCUT2D eigenvalue weighted by atomic mass is 10.1. The van der Waals surface area contributed by atoms with E-state index >= 15 is 0 Å². The molecular weight excluding hydrogens is 214 g/mol. The summed E-state index contributed by atoms with van der Waals surface area (Å²) in [4.78, 5) is 0. The first-order chi connectivity index (χ1) is 8.24. The van der Waals surface area contributed by atoms with Crippen molar-refractivity contribution in [1.82, 2.24) is 5.32 Å². The molecule has 0 fully saturated rings. The molecule has 0 aromatic carbocycles. The van der Waals surface area contributed by atoms with Crippen molar-refractivity contribution in [2.45, 2.75) is 46.8 Å². The van der Waals surface area contributed by atoms with E-state index in [1.54, 1.807) is 6.26 Å². The number of hydrogen-bond acceptors (Lipinski definition) is 3. The molecule has 0 aliphatic rings. The number of furan rings is 1. The Hall–Kier alpha value is -0.800. The Bertz CT molecular complexity index is 294. The van der Waals surface area contributed by atoms with Crippen molar-refractivity contribution in [3.63, 3.8) is 0 Å². The van der Waals surface area contributed by atoms with E-state index < -0.39 is 0 Å². The van der Waals surface area contributed by atoms with Crippen molar-refractivity contribution in [1.29, 1.82) is 0 Å². The molecule has 3 nitrogen and oxygen atoms in total. The Morgan fingerprint density at radius 2 is 2.24 bits per heavy atom. The molecule has 3 heteroatoms. The van der Waals surface area contributed by atoms with Gasteiger partial charge in [-0.2, -0.15) is 0 Å². The van der Waals surface area contributed by atoms with Gasteiger partial charge in [0.2, 0.25) is 0 Å². The fraction of sp³-hybridized carbons (Fsp3) is 0.714. The molecule has 0 unspecified atom stereocenters. The molecule has 0 atom stereocenters. The summed E-state index contributed by atoms with van der Waals surface area (Å²) < 4.78 is 11.1. The van der Waals surface area contributed by atoms with Gasteiger partial charge in [0.05, 0.1) is 19.4 Å². The summed E-state index contributed by atoms with van der Waals surface area (Å²) in [5, 5.41) is 3.34. The minimum atomic E-state index is 0.659. The Kier molecular flexibility index (Phi) is 6.97. The first-order valence-corrected chi connectivity index (χ1v) is 6.57. The van der Waals surface area contributed by atoms with Gasteiger partial charge in [0.25, 0.3) is 0 Å². The third kappa shape index (κ3) is 5.89. The summed E-state index contributed by atoms with van der Waals surface area (Å²) in [7, 11) is 0. The number of hydrogen-bond donors (Lipinski definition) is 1. The molecule has 1 heterocycles. The van der Waals surface area contributed by atoms with Gasteiger partial charge in [-0.15, -0.1) is 0 Å². The summed E-state index contributed by atoms with van der Waals surface area (Å²) >= 11 is 0. The molecule has 1 rings (SSSR count). The van der Waals surface area contributed by atoms with Gasteiger partial charge < -0.3 is 14.5 Å². The molecule has 17 heavy (non-hydrogen) atoms. The van der Waals surface area contributed by atoms with Crippen LogP contribution in [0.1, 0.15) is 44.9 Å². The maximum atomic E-state index is 5.65. The highest BCUT2D eigenvalue weighted by Crippen LogP contribution is 2.12. The summed E-state index contributed by atoms with van der Waals surface area (Å²) in [6.45, 7) is 9.88. The molecule has 0 aliphatic heterocycles. The van der Waals surface area contributed by atoms with Gasteiger partial charge in [0.1, 0.15) is 5.76 Å². The van der Waals surface area contributed by atoms with Gasteiger partial charge in [-0.1, -0.05) is 20.8 Å². The molecule has 98 valence electrons. The molecule has 1 aromatic heterocycles. The average molecular weight is 239 g/mol. The number of ether oxygens (including phenoxy) is 1. The Morgan fingerprint density at radius 1 is 1.41 bits per heavy atom. The first-order valence-electron chi connectivity index (χ1n) is 6.57. The summed E-state index contributed by atoms with van der Waals surface area (Å²) in [5.41, 5.74) is 1.16. The number of nitrogens with one attached hydrogen (secondary N) is 1. The number of rotatable bonds is 9. The van der Waals surface area contributed by atoms with Gasteiger partial charge in [0, 0.05) is 12.2 Å². The second-order valence-electron chi connectivity index (χ2n) is 4.78. The highest BCUT2D eigenvalue weighted by Gasteiger charge is 2.05. The molecule has 0 amide bonds. The molecule has 0 saturated carbocycles. The smallest absolute Gasteiger partial charge is 0.123 e. The van der Waals surface area contributed by atoms with Crippen LogP contribution in [0.3, 0.4) is 0 Å². The van der Waals surface area contributed by atoms with E-state index in [9.17, 15) is 0 Å². The van der Waals surface area contributed by atoms with E-state index in [0.29, 0.717) is 12.5 Å². The van der Waals surface area contributed by atoms with Crippen molar-refractivity contribution >= 4 is 0 Å². The van der Waals surface area contributed by atoms with Crippen LogP contribution in [0.15, 0.2) is 16.7 Å². The average Bonchev–Trinajstić information content (AvgIpc) is 2.72. The molecule has 0 bridgehead atoms. The SMILES string of the molecule is CCCNCc1occc1COCCC(C)C. The van der Waals surface area contributed by atoms with Crippen LogP contribution in [-0.4, -0.2) is 13.2 Å². The zero-order chi connectivity index (χ0) is 12.5. The van der Waals surface area contributed by atoms with Crippen LogP contribution in [-0.2, 0) is 17.9 Å². The van der Waals surface area contributed by atoms with Crippen LogP contribution in [0, 0.1) is 5.92 Å². The monoisotopic (exact) mass is 239 g/mol. The minimum absolute atomic E-state index is 0.659. The minimum Gasteiger partial charge on any atom is -0.468 e. The van der Waals surface area contributed by atoms with Gasteiger partial charge in [-0.05, 0) is 31.4 Å². The highest BCUT2D eigenvalue weighted by molar-refractivity contribution is 5.15. The Balaban J connectivity index is 2.25. The third-order valence-electron chi connectivity index (χ3n) is 2.65. The zero-order valence-electron chi connectivity index (χ0n) is 11.3. The largest absolute Gasteiger partial charge is 0.468 e. The lowest BCUT2D eigenvalue weighted by Gasteiger charge is -2.07. The normalized spacial score (nSPS) is 11.3. The van der Waals surface area contributed by atoms with Crippen LogP contribution in [0.5, 0.6) is 0 Å². The van der Waals surface area contributed by atoms with Crippen molar-refractivity contribution in [2.75, 3.05) is 13.2 Å². The predicted molar refractivity (Wildman–Crippen MR) is 69.8 cm³/mol. The van der Waals surface area contributed by atoms with Gasteiger partial charge in [-0.3, -0.25) is 0 Å². The molecular formula is C14H25NO2. The molecule has 0 aliphatic carbocycles. The zero-order valence-corrected chi connectivity index (χ0v) is 11.3. The molecule has 0 saturated heterocycles. The van der Waals surface area contributed by atoms with Crippen LogP contribution in [0.2, 0.25) is 0 Å².